The van der Waals surface area contributed by atoms with Crippen molar-refractivity contribution < 1.29 is 4.79 Å². The molecule has 4 nitrogen and oxygen atoms in total. The van der Waals surface area contributed by atoms with Crippen molar-refractivity contribution >= 4 is 27.3 Å². The number of rotatable bonds is 6. The average molecular weight is 331 g/mol. The number of fused-ring (bicyclic) bond motifs is 1. The van der Waals surface area contributed by atoms with Crippen LogP contribution < -0.4 is 5.32 Å². The van der Waals surface area contributed by atoms with Crippen LogP contribution in [0.25, 0.3) is 10.1 Å². The SMILES string of the molecule is CCN1CCN(CCCNC(=O)c2cc3ccccc3s2)CC1. The minimum Gasteiger partial charge on any atom is -0.351 e. The lowest BCUT2D eigenvalue weighted by Crippen LogP contribution is -2.46. The molecule has 23 heavy (non-hydrogen) atoms. The van der Waals surface area contributed by atoms with E-state index in [0.29, 0.717) is 0 Å². The topological polar surface area (TPSA) is 35.6 Å². The molecule has 0 saturated carbocycles. The van der Waals surface area contributed by atoms with Gasteiger partial charge in [0, 0.05) is 37.4 Å². The Balaban J connectivity index is 1.39. The van der Waals surface area contributed by atoms with Gasteiger partial charge in [0.25, 0.3) is 5.91 Å². The summed E-state index contributed by atoms with van der Waals surface area (Å²) >= 11 is 1.57. The number of nitrogens with zero attached hydrogens (tertiary/aromatic N) is 2. The van der Waals surface area contributed by atoms with Gasteiger partial charge in [-0.15, -0.1) is 11.3 Å². The summed E-state index contributed by atoms with van der Waals surface area (Å²) in [6.45, 7) is 9.84. The van der Waals surface area contributed by atoms with Crippen LogP contribution in [0.15, 0.2) is 30.3 Å². The van der Waals surface area contributed by atoms with Crippen molar-refractivity contribution in [2.45, 2.75) is 13.3 Å². The Hall–Kier alpha value is -1.43. The molecule has 1 aliphatic heterocycles. The van der Waals surface area contributed by atoms with Gasteiger partial charge in [-0.05, 0) is 37.0 Å². The summed E-state index contributed by atoms with van der Waals surface area (Å²) in [5, 5.41) is 4.20. The van der Waals surface area contributed by atoms with Crippen molar-refractivity contribution in [1.29, 1.82) is 0 Å². The largest absolute Gasteiger partial charge is 0.351 e. The number of hydrogen-bond acceptors (Lipinski definition) is 4. The van der Waals surface area contributed by atoms with Crippen LogP contribution in [0.2, 0.25) is 0 Å². The van der Waals surface area contributed by atoms with Gasteiger partial charge < -0.3 is 15.1 Å². The molecule has 1 N–H and O–H groups in total. The number of hydrogen-bond donors (Lipinski definition) is 1. The normalized spacial score (nSPS) is 16.7. The summed E-state index contributed by atoms with van der Waals surface area (Å²) in [6.07, 6.45) is 1.02. The highest BCUT2D eigenvalue weighted by molar-refractivity contribution is 7.20. The van der Waals surface area contributed by atoms with Crippen molar-refractivity contribution in [3.8, 4) is 0 Å². The van der Waals surface area contributed by atoms with E-state index in [1.165, 1.54) is 17.8 Å². The molecule has 0 radical (unpaired) electrons. The first kappa shape index (κ1) is 16.4. The van der Waals surface area contributed by atoms with Gasteiger partial charge in [-0.25, -0.2) is 0 Å². The smallest absolute Gasteiger partial charge is 0.261 e. The van der Waals surface area contributed by atoms with E-state index in [1.807, 2.05) is 18.2 Å². The molecule has 0 unspecified atom stereocenters. The Kier molecular flexibility index (Phi) is 5.65. The zero-order valence-electron chi connectivity index (χ0n) is 13.8. The number of carbonyl (C=O) groups is 1. The van der Waals surface area contributed by atoms with E-state index in [1.54, 1.807) is 11.3 Å². The van der Waals surface area contributed by atoms with Gasteiger partial charge >= 0.3 is 0 Å². The van der Waals surface area contributed by atoms with Crippen molar-refractivity contribution in [3.05, 3.63) is 35.2 Å². The number of likely N-dealkylation sites (N-methyl/N-ethyl adjacent to an activating group) is 1. The van der Waals surface area contributed by atoms with Crippen LogP contribution in [0.3, 0.4) is 0 Å². The minimum absolute atomic E-state index is 0.0574. The summed E-state index contributed by atoms with van der Waals surface area (Å²) < 4.78 is 1.17. The number of carbonyl (C=O) groups excluding carboxylic acids is 1. The third kappa shape index (κ3) is 4.31. The molecule has 1 aliphatic rings. The predicted molar refractivity (Wildman–Crippen MR) is 97.3 cm³/mol. The molecule has 1 aromatic heterocycles. The zero-order valence-corrected chi connectivity index (χ0v) is 14.6. The maximum atomic E-state index is 12.2. The van der Waals surface area contributed by atoms with Gasteiger partial charge in [0.2, 0.25) is 0 Å². The zero-order chi connectivity index (χ0) is 16.1. The van der Waals surface area contributed by atoms with Crippen LogP contribution >= 0.6 is 11.3 Å². The molecule has 1 aromatic carbocycles. The maximum Gasteiger partial charge on any atom is 0.261 e. The average Bonchev–Trinajstić information content (AvgIpc) is 3.03. The van der Waals surface area contributed by atoms with Crippen LogP contribution in [0.1, 0.15) is 23.0 Å². The molecule has 124 valence electrons. The minimum atomic E-state index is 0.0574. The van der Waals surface area contributed by atoms with Crippen molar-refractivity contribution in [2.75, 3.05) is 45.8 Å². The first-order valence-corrected chi connectivity index (χ1v) is 9.29. The maximum absolute atomic E-state index is 12.2. The lowest BCUT2D eigenvalue weighted by Gasteiger charge is -2.33. The summed E-state index contributed by atoms with van der Waals surface area (Å²) in [5.41, 5.74) is 0. The number of thiophene rings is 1. The number of amides is 1. The highest BCUT2D eigenvalue weighted by Crippen LogP contribution is 2.24. The van der Waals surface area contributed by atoms with E-state index < -0.39 is 0 Å². The van der Waals surface area contributed by atoms with Crippen LogP contribution in [-0.2, 0) is 0 Å². The predicted octanol–water partition coefficient (Wildman–Crippen LogP) is 2.66. The fourth-order valence-corrected chi connectivity index (χ4v) is 3.99. The highest BCUT2D eigenvalue weighted by atomic mass is 32.1. The van der Waals surface area contributed by atoms with E-state index in [4.69, 9.17) is 0 Å². The molecule has 0 spiro atoms. The van der Waals surface area contributed by atoms with E-state index in [9.17, 15) is 4.79 Å². The Morgan fingerprint density at radius 3 is 2.65 bits per heavy atom. The first-order chi connectivity index (χ1) is 11.3. The van der Waals surface area contributed by atoms with E-state index in [2.05, 4.69) is 34.2 Å². The first-order valence-electron chi connectivity index (χ1n) is 8.48. The lowest BCUT2D eigenvalue weighted by molar-refractivity contribution is 0.0952. The van der Waals surface area contributed by atoms with Gasteiger partial charge in [0.1, 0.15) is 0 Å². The summed E-state index contributed by atoms with van der Waals surface area (Å²) in [5.74, 6) is 0.0574. The molecule has 2 aromatic rings. The Labute approximate surface area is 142 Å². The second kappa shape index (κ2) is 7.90. The van der Waals surface area contributed by atoms with Crippen LogP contribution in [0.4, 0.5) is 0 Å². The molecular formula is C18H25N3OS. The van der Waals surface area contributed by atoms with Gasteiger partial charge in [-0.1, -0.05) is 25.1 Å². The van der Waals surface area contributed by atoms with Gasteiger partial charge in [0.15, 0.2) is 0 Å². The summed E-state index contributed by atoms with van der Waals surface area (Å²) in [6, 6.07) is 10.1. The molecule has 0 bridgehead atoms. The van der Waals surface area contributed by atoms with Gasteiger partial charge in [-0.3, -0.25) is 4.79 Å². The van der Waals surface area contributed by atoms with Crippen LogP contribution in [0.5, 0.6) is 0 Å². The molecule has 1 fully saturated rings. The monoisotopic (exact) mass is 331 g/mol. The molecular weight excluding hydrogens is 306 g/mol. The summed E-state index contributed by atoms with van der Waals surface area (Å²) in [4.78, 5) is 18.0. The molecule has 0 aliphatic carbocycles. The third-order valence-electron chi connectivity index (χ3n) is 4.50. The quantitative estimate of drug-likeness (QED) is 0.827. The number of piperazine rings is 1. The van der Waals surface area contributed by atoms with E-state index in [0.717, 1.165) is 49.4 Å². The third-order valence-corrected chi connectivity index (χ3v) is 5.61. The second-order valence-electron chi connectivity index (χ2n) is 6.03. The van der Waals surface area contributed by atoms with E-state index >= 15 is 0 Å². The fraction of sp³-hybridized carbons (Fsp3) is 0.500. The van der Waals surface area contributed by atoms with Gasteiger partial charge in [-0.2, -0.15) is 0 Å². The van der Waals surface area contributed by atoms with Crippen molar-refractivity contribution in [1.82, 2.24) is 15.1 Å². The molecule has 1 amide bonds. The molecule has 2 heterocycles. The fourth-order valence-electron chi connectivity index (χ4n) is 3.01. The Bertz CT molecular complexity index is 614. The Morgan fingerprint density at radius 1 is 1.17 bits per heavy atom. The van der Waals surface area contributed by atoms with Crippen molar-refractivity contribution in [2.24, 2.45) is 0 Å². The molecule has 3 rings (SSSR count). The summed E-state index contributed by atoms with van der Waals surface area (Å²) in [7, 11) is 0. The van der Waals surface area contributed by atoms with Crippen LogP contribution in [-0.4, -0.2) is 61.5 Å². The van der Waals surface area contributed by atoms with Crippen molar-refractivity contribution in [3.63, 3.8) is 0 Å². The number of nitrogens with one attached hydrogen (secondary N) is 1. The lowest BCUT2D eigenvalue weighted by atomic mass is 10.2. The molecule has 5 heteroatoms. The Morgan fingerprint density at radius 2 is 1.91 bits per heavy atom. The second-order valence-corrected chi connectivity index (χ2v) is 7.12. The standard InChI is InChI=1S/C18H25N3OS/c1-2-20-10-12-21(13-11-20)9-5-8-19-18(22)17-14-15-6-3-4-7-16(15)23-17/h3-4,6-7,14H,2,5,8-13H2,1H3,(H,19,22). The highest BCUT2D eigenvalue weighted by Gasteiger charge is 2.15. The number of benzene rings is 1. The van der Waals surface area contributed by atoms with E-state index in [-0.39, 0.29) is 5.91 Å². The van der Waals surface area contributed by atoms with Crippen LogP contribution in [0, 0.1) is 0 Å². The molecule has 0 atom stereocenters. The van der Waals surface area contributed by atoms with Gasteiger partial charge in [0.05, 0.1) is 4.88 Å². The molecule has 1 saturated heterocycles.